The number of hydrogen-bond acceptors (Lipinski definition) is 3. The van der Waals surface area contributed by atoms with Crippen LogP contribution in [0.5, 0.6) is 0 Å². The third kappa shape index (κ3) is 5.19. The van der Waals surface area contributed by atoms with Gasteiger partial charge in [0, 0.05) is 27.3 Å². The van der Waals surface area contributed by atoms with Gasteiger partial charge in [-0.1, -0.05) is 151 Å². The van der Waals surface area contributed by atoms with E-state index in [2.05, 4.69) is 192 Å². The quantitative estimate of drug-likeness (QED) is 0.184. The van der Waals surface area contributed by atoms with E-state index in [9.17, 15) is 0 Å². The van der Waals surface area contributed by atoms with Crippen LogP contribution in [0.15, 0.2) is 187 Å². The van der Waals surface area contributed by atoms with E-state index < -0.39 is 0 Å². The Bertz CT molecular complexity index is 2290. The van der Waals surface area contributed by atoms with Gasteiger partial charge in [0.25, 0.3) is 0 Å². The zero-order chi connectivity index (χ0) is 31.9. The molecule has 48 heavy (non-hydrogen) atoms. The van der Waals surface area contributed by atoms with E-state index in [1.807, 2.05) is 11.8 Å². The SMILES string of the molecule is c1ccc(-c2ccc(N(c3ccc(-c4ccccc4)cc3)c3ccc4c(ccc5ccc6c(c54)NC(c4ccccc4)S6)c3)cc2)cc1. The van der Waals surface area contributed by atoms with E-state index >= 15 is 0 Å². The van der Waals surface area contributed by atoms with Crippen molar-refractivity contribution >= 4 is 56.1 Å². The number of hydrogen-bond donors (Lipinski definition) is 1. The smallest absolute Gasteiger partial charge is 0.103 e. The van der Waals surface area contributed by atoms with Crippen LogP contribution >= 0.6 is 11.8 Å². The maximum absolute atomic E-state index is 3.87. The molecule has 1 N–H and O–H groups in total. The van der Waals surface area contributed by atoms with E-state index in [4.69, 9.17) is 0 Å². The maximum Gasteiger partial charge on any atom is 0.103 e. The van der Waals surface area contributed by atoms with Crippen molar-refractivity contribution in [2.24, 2.45) is 0 Å². The number of benzene rings is 8. The Hall–Kier alpha value is -5.77. The molecular weight excluding hydrogens is 601 g/mol. The van der Waals surface area contributed by atoms with Gasteiger partial charge in [0.1, 0.15) is 5.37 Å². The summed E-state index contributed by atoms with van der Waals surface area (Å²) in [6.45, 7) is 0. The molecular formula is C45H32N2S. The fraction of sp³-hybridized carbons (Fsp3) is 0.0222. The van der Waals surface area contributed by atoms with Gasteiger partial charge in [-0.05, 0) is 86.4 Å². The van der Waals surface area contributed by atoms with Crippen molar-refractivity contribution in [1.29, 1.82) is 0 Å². The van der Waals surface area contributed by atoms with Crippen LogP contribution in [0, 0.1) is 0 Å². The second kappa shape index (κ2) is 12.1. The summed E-state index contributed by atoms with van der Waals surface area (Å²) in [4.78, 5) is 3.66. The highest BCUT2D eigenvalue weighted by molar-refractivity contribution is 8.00. The number of thioether (sulfide) groups is 1. The molecule has 0 radical (unpaired) electrons. The molecule has 3 heteroatoms. The van der Waals surface area contributed by atoms with Crippen molar-refractivity contribution < 1.29 is 0 Å². The molecule has 1 aliphatic heterocycles. The zero-order valence-electron chi connectivity index (χ0n) is 26.3. The average molecular weight is 633 g/mol. The molecule has 8 aromatic rings. The van der Waals surface area contributed by atoms with Crippen LogP contribution in [0.1, 0.15) is 10.9 Å². The Balaban J connectivity index is 1.14. The van der Waals surface area contributed by atoms with Gasteiger partial charge in [-0.15, -0.1) is 0 Å². The van der Waals surface area contributed by atoms with Crippen LogP contribution < -0.4 is 10.2 Å². The molecule has 9 rings (SSSR count). The van der Waals surface area contributed by atoms with Gasteiger partial charge >= 0.3 is 0 Å². The van der Waals surface area contributed by atoms with E-state index in [1.54, 1.807) is 0 Å². The minimum absolute atomic E-state index is 0.203. The first-order chi connectivity index (χ1) is 23.8. The highest BCUT2D eigenvalue weighted by Gasteiger charge is 2.25. The summed E-state index contributed by atoms with van der Waals surface area (Å²) in [7, 11) is 0. The largest absolute Gasteiger partial charge is 0.368 e. The molecule has 0 saturated carbocycles. The monoisotopic (exact) mass is 632 g/mol. The molecule has 1 atom stereocenters. The van der Waals surface area contributed by atoms with Crippen LogP contribution in [0.2, 0.25) is 0 Å². The van der Waals surface area contributed by atoms with Crippen molar-refractivity contribution in [3.8, 4) is 22.3 Å². The minimum Gasteiger partial charge on any atom is -0.368 e. The maximum atomic E-state index is 3.87. The lowest BCUT2D eigenvalue weighted by Crippen LogP contribution is -2.10. The van der Waals surface area contributed by atoms with Crippen LogP contribution in [0.25, 0.3) is 43.8 Å². The lowest BCUT2D eigenvalue weighted by molar-refractivity contribution is 1.14. The summed E-state index contributed by atoms with van der Waals surface area (Å²) < 4.78 is 0. The van der Waals surface area contributed by atoms with Crippen molar-refractivity contribution in [3.05, 3.63) is 188 Å². The zero-order valence-corrected chi connectivity index (χ0v) is 27.1. The number of nitrogens with zero attached hydrogens (tertiary/aromatic N) is 1. The van der Waals surface area contributed by atoms with E-state index in [-0.39, 0.29) is 5.37 Å². The molecule has 1 aliphatic rings. The summed E-state index contributed by atoms with van der Waals surface area (Å²) in [6, 6.07) is 65.6. The molecule has 2 nitrogen and oxygen atoms in total. The lowest BCUT2D eigenvalue weighted by atomic mass is 9.99. The van der Waals surface area contributed by atoms with Gasteiger partial charge in [0.15, 0.2) is 0 Å². The Morgan fingerprint density at radius 3 is 1.54 bits per heavy atom. The molecule has 0 aromatic heterocycles. The Labute approximate surface area is 285 Å². The molecule has 1 heterocycles. The van der Waals surface area contributed by atoms with Crippen LogP contribution in [0.4, 0.5) is 22.7 Å². The summed E-state index contributed by atoms with van der Waals surface area (Å²) in [6.07, 6.45) is 0. The molecule has 228 valence electrons. The molecule has 8 aromatic carbocycles. The predicted octanol–water partition coefficient (Wildman–Crippen LogP) is 13.0. The highest BCUT2D eigenvalue weighted by atomic mass is 32.2. The van der Waals surface area contributed by atoms with Crippen molar-refractivity contribution in [2.45, 2.75) is 10.3 Å². The van der Waals surface area contributed by atoms with E-state index in [1.165, 1.54) is 59.9 Å². The molecule has 0 bridgehead atoms. The molecule has 1 unspecified atom stereocenters. The second-order valence-electron chi connectivity index (χ2n) is 12.2. The standard InChI is InChI=1S/C45H32N2S/c1-4-10-31(11-5-1)33-18-23-38(24-19-33)47(39-25-20-34(21-26-39)32-12-6-2-7-13-32)40-27-28-41-37(30-40)17-16-35-22-29-42-44(43(35)41)46-45(48-42)36-14-8-3-9-15-36/h1-30,45-46H. The van der Waals surface area contributed by atoms with Crippen molar-refractivity contribution in [2.75, 3.05) is 10.2 Å². The molecule has 0 amide bonds. The van der Waals surface area contributed by atoms with E-state index in [0.717, 1.165) is 17.1 Å². The van der Waals surface area contributed by atoms with Gasteiger partial charge in [0.05, 0.1) is 5.69 Å². The summed E-state index contributed by atoms with van der Waals surface area (Å²) in [5.74, 6) is 0. The lowest BCUT2D eigenvalue weighted by Gasteiger charge is -2.26. The molecule has 0 spiro atoms. The number of nitrogens with one attached hydrogen (secondary N) is 1. The Kier molecular flexibility index (Phi) is 7.18. The van der Waals surface area contributed by atoms with Crippen LogP contribution in [-0.2, 0) is 0 Å². The summed E-state index contributed by atoms with van der Waals surface area (Å²) in [5, 5.41) is 9.08. The Morgan fingerprint density at radius 1 is 0.438 bits per heavy atom. The fourth-order valence-electron chi connectivity index (χ4n) is 6.89. The first-order valence-corrected chi connectivity index (χ1v) is 17.3. The first-order valence-electron chi connectivity index (χ1n) is 16.4. The van der Waals surface area contributed by atoms with Gasteiger partial charge in [0.2, 0.25) is 0 Å². The normalized spacial score (nSPS) is 13.7. The second-order valence-corrected chi connectivity index (χ2v) is 13.4. The van der Waals surface area contributed by atoms with Crippen molar-refractivity contribution in [1.82, 2.24) is 0 Å². The topological polar surface area (TPSA) is 15.3 Å². The molecule has 0 aliphatic carbocycles. The number of anilines is 4. The van der Waals surface area contributed by atoms with Crippen LogP contribution in [-0.4, -0.2) is 0 Å². The minimum atomic E-state index is 0.203. The van der Waals surface area contributed by atoms with E-state index in [0.29, 0.717) is 0 Å². The molecule has 0 fully saturated rings. The average Bonchev–Trinajstić information content (AvgIpc) is 3.61. The predicted molar refractivity (Wildman–Crippen MR) is 206 cm³/mol. The van der Waals surface area contributed by atoms with Gasteiger partial charge in [-0.3, -0.25) is 0 Å². The van der Waals surface area contributed by atoms with Gasteiger partial charge in [-0.25, -0.2) is 0 Å². The first kappa shape index (κ1) is 28.5. The third-order valence-electron chi connectivity index (χ3n) is 9.29. The van der Waals surface area contributed by atoms with Crippen molar-refractivity contribution in [3.63, 3.8) is 0 Å². The Morgan fingerprint density at radius 2 is 0.938 bits per heavy atom. The van der Waals surface area contributed by atoms with Gasteiger partial charge in [-0.2, -0.15) is 0 Å². The highest BCUT2D eigenvalue weighted by Crippen LogP contribution is 2.51. The van der Waals surface area contributed by atoms with Gasteiger partial charge < -0.3 is 10.2 Å². The van der Waals surface area contributed by atoms with Crippen LogP contribution in [0.3, 0.4) is 0 Å². The fourth-order valence-corrected chi connectivity index (χ4v) is 8.03. The summed E-state index contributed by atoms with van der Waals surface area (Å²) >= 11 is 1.89. The summed E-state index contributed by atoms with van der Waals surface area (Å²) in [5.41, 5.74) is 10.7. The number of fused-ring (bicyclic) bond motifs is 5. The number of rotatable bonds is 6. The third-order valence-corrected chi connectivity index (χ3v) is 10.5. The molecule has 0 saturated heterocycles.